The van der Waals surface area contributed by atoms with Gasteiger partial charge < -0.3 is 19.9 Å². The summed E-state index contributed by atoms with van der Waals surface area (Å²) < 4.78 is 5.74. The molecule has 1 aliphatic rings. The molecule has 3 rings (SSSR count). The molecule has 1 fully saturated rings. The summed E-state index contributed by atoms with van der Waals surface area (Å²) in [6.07, 6.45) is 2.55. The zero-order valence-electron chi connectivity index (χ0n) is 13.4. The number of rotatable bonds is 5. The molecule has 126 valence electrons. The van der Waals surface area contributed by atoms with Crippen LogP contribution in [0.3, 0.4) is 0 Å². The van der Waals surface area contributed by atoms with E-state index in [4.69, 9.17) is 4.74 Å². The zero-order chi connectivity index (χ0) is 16.8. The molecule has 0 spiro atoms. The van der Waals surface area contributed by atoms with Gasteiger partial charge >= 0.3 is 6.03 Å². The van der Waals surface area contributed by atoms with E-state index in [1.165, 1.54) is 0 Å². The maximum absolute atomic E-state index is 12.1. The van der Waals surface area contributed by atoms with Crippen LogP contribution in [0.25, 0.3) is 10.9 Å². The van der Waals surface area contributed by atoms with Crippen molar-refractivity contribution in [3.05, 3.63) is 36.5 Å². The maximum Gasteiger partial charge on any atom is 0.317 e. The molecule has 0 radical (unpaired) electrons. The molecule has 1 saturated heterocycles. The summed E-state index contributed by atoms with van der Waals surface area (Å²) in [5.74, 6) is 0.710. The Bertz CT molecular complexity index is 709. The van der Waals surface area contributed by atoms with Crippen LogP contribution in [0, 0.1) is 0 Å². The number of para-hydroxylation sites is 1. The number of amides is 3. The Hall–Kier alpha value is -2.83. The third kappa shape index (κ3) is 3.73. The monoisotopic (exact) mass is 328 g/mol. The lowest BCUT2D eigenvalue weighted by Gasteiger charge is -2.32. The van der Waals surface area contributed by atoms with Crippen LogP contribution >= 0.6 is 0 Å². The molecule has 0 atom stereocenters. The second kappa shape index (κ2) is 7.63. The molecule has 0 unspecified atom stereocenters. The molecule has 0 aliphatic carbocycles. The Kier molecular flexibility index (Phi) is 5.10. The number of urea groups is 1. The van der Waals surface area contributed by atoms with E-state index in [2.05, 4.69) is 10.3 Å². The Morgan fingerprint density at radius 1 is 1.21 bits per heavy atom. The number of aromatic nitrogens is 1. The summed E-state index contributed by atoms with van der Waals surface area (Å²) >= 11 is 0. The van der Waals surface area contributed by atoms with Crippen molar-refractivity contribution < 1.29 is 14.3 Å². The van der Waals surface area contributed by atoms with Crippen molar-refractivity contribution in [3.63, 3.8) is 0 Å². The maximum atomic E-state index is 12.1. The Morgan fingerprint density at radius 2 is 2.00 bits per heavy atom. The fraction of sp³-hybridized carbons (Fsp3) is 0.353. The number of nitrogens with one attached hydrogen (secondary N) is 1. The molecule has 7 heteroatoms. The molecule has 7 nitrogen and oxygen atoms in total. The Labute approximate surface area is 140 Å². The van der Waals surface area contributed by atoms with E-state index < -0.39 is 0 Å². The van der Waals surface area contributed by atoms with Gasteiger partial charge in [-0.1, -0.05) is 18.2 Å². The van der Waals surface area contributed by atoms with Crippen LogP contribution in [0.1, 0.15) is 0 Å². The molecular formula is C17H20N4O3. The summed E-state index contributed by atoms with van der Waals surface area (Å²) in [5.41, 5.74) is 0.816. The molecule has 2 heterocycles. The number of hydrogen-bond donors (Lipinski definition) is 1. The number of piperazine rings is 1. The molecular weight excluding hydrogens is 308 g/mol. The minimum atomic E-state index is -0.125. The molecule has 1 aromatic carbocycles. The van der Waals surface area contributed by atoms with Crippen LogP contribution in [0.4, 0.5) is 4.79 Å². The van der Waals surface area contributed by atoms with Crippen molar-refractivity contribution in [2.45, 2.75) is 0 Å². The second-order valence-corrected chi connectivity index (χ2v) is 5.54. The third-order valence-corrected chi connectivity index (χ3v) is 3.98. The molecule has 1 aliphatic heterocycles. The van der Waals surface area contributed by atoms with Crippen LogP contribution in [-0.2, 0) is 4.79 Å². The summed E-state index contributed by atoms with van der Waals surface area (Å²) in [6, 6.07) is 9.52. The van der Waals surface area contributed by atoms with Gasteiger partial charge in [-0.25, -0.2) is 4.79 Å². The SMILES string of the molecule is O=CN1CCN(C(=O)NCCOc2cccc3cccnc23)CC1. The van der Waals surface area contributed by atoms with Gasteiger partial charge in [-0.05, 0) is 12.1 Å². The lowest BCUT2D eigenvalue weighted by atomic mass is 10.2. The van der Waals surface area contributed by atoms with E-state index in [1.54, 1.807) is 16.0 Å². The van der Waals surface area contributed by atoms with Gasteiger partial charge in [0.1, 0.15) is 17.9 Å². The highest BCUT2D eigenvalue weighted by Gasteiger charge is 2.19. The predicted molar refractivity (Wildman–Crippen MR) is 89.8 cm³/mol. The van der Waals surface area contributed by atoms with Crippen LogP contribution in [-0.4, -0.2) is 66.6 Å². The topological polar surface area (TPSA) is 74.8 Å². The first-order valence-electron chi connectivity index (χ1n) is 7.96. The first-order chi connectivity index (χ1) is 11.8. The average Bonchev–Trinajstić information content (AvgIpc) is 2.65. The fourth-order valence-corrected chi connectivity index (χ4v) is 2.65. The van der Waals surface area contributed by atoms with E-state index in [0.29, 0.717) is 45.1 Å². The quantitative estimate of drug-likeness (QED) is 0.659. The number of benzene rings is 1. The van der Waals surface area contributed by atoms with Crippen molar-refractivity contribution in [1.82, 2.24) is 20.1 Å². The van der Waals surface area contributed by atoms with Gasteiger partial charge in [0.25, 0.3) is 0 Å². The molecule has 2 aromatic rings. The van der Waals surface area contributed by atoms with E-state index in [1.807, 2.05) is 30.3 Å². The number of carbonyl (C=O) groups is 2. The third-order valence-electron chi connectivity index (χ3n) is 3.98. The number of carbonyl (C=O) groups excluding carboxylic acids is 2. The largest absolute Gasteiger partial charge is 0.489 e. The molecule has 24 heavy (non-hydrogen) atoms. The highest BCUT2D eigenvalue weighted by atomic mass is 16.5. The normalized spacial score (nSPS) is 14.5. The molecule has 0 bridgehead atoms. The van der Waals surface area contributed by atoms with E-state index in [-0.39, 0.29) is 6.03 Å². The molecule has 0 saturated carbocycles. The summed E-state index contributed by atoms with van der Waals surface area (Å²) in [6.45, 7) is 3.05. The number of ether oxygens (including phenoxy) is 1. The van der Waals surface area contributed by atoms with Gasteiger partial charge in [0, 0.05) is 37.8 Å². The molecule has 1 N–H and O–H groups in total. The van der Waals surface area contributed by atoms with Crippen molar-refractivity contribution in [2.24, 2.45) is 0 Å². The second-order valence-electron chi connectivity index (χ2n) is 5.54. The van der Waals surface area contributed by atoms with Crippen LogP contribution in [0.5, 0.6) is 5.75 Å². The Balaban J connectivity index is 1.45. The summed E-state index contributed by atoms with van der Waals surface area (Å²) in [4.78, 5) is 30.4. The highest BCUT2D eigenvalue weighted by molar-refractivity contribution is 5.84. The van der Waals surface area contributed by atoms with Gasteiger partial charge in [-0.2, -0.15) is 0 Å². The van der Waals surface area contributed by atoms with Gasteiger partial charge in [-0.3, -0.25) is 9.78 Å². The minimum absolute atomic E-state index is 0.125. The first kappa shape index (κ1) is 16.0. The van der Waals surface area contributed by atoms with Gasteiger partial charge in [-0.15, -0.1) is 0 Å². The highest BCUT2D eigenvalue weighted by Crippen LogP contribution is 2.22. The van der Waals surface area contributed by atoms with Crippen molar-refractivity contribution in [3.8, 4) is 5.75 Å². The number of nitrogens with zero attached hydrogens (tertiary/aromatic N) is 3. The smallest absolute Gasteiger partial charge is 0.317 e. The van der Waals surface area contributed by atoms with Crippen LogP contribution in [0.2, 0.25) is 0 Å². The zero-order valence-corrected chi connectivity index (χ0v) is 13.4. The lowest BCUT2D eigenvalue weighted by molar-refractivity contribution is -0.119. The minimum Gasteiger partial charge on any atom is -0.489 e. The molecule has 1 aromatic heterocycles. The number of pyridine rings is 1. The van der Waals surface area contributed by atoms with Crippen molar-refractivity contribution in [2.75, 3.05) is 39.3 Å². The van der Waals surface area contributed by atoms with Gasteiger partial charge in [0.15, 0.2) is 0 Å². The number of fused-ring (bicyclic) bond motifs is 1. The van der Waals surface area contributed by atoms with Gasteiger partial charge in [0.2, 0.25) is 6.41 Å². The van der Waals surface area contributed by atoms with E-state index in [9.17, 15) is 9.59 Å². The van der Waals surface area contributed by atoms with Crippen LogP contribution < -0.4 is 10.1 Å². The fourth-order valence-electron chi connectivity index (χ4n) is 2.65. The van der Waals surface area contributed by atoms with Crippen molar-refractivity contribution >= 4 is 23.3 Å². The van der Waals surface area contributed by atoms with Gasteiger partial charge in [0.05, 0.1) is 6.54 Å². The first-order valence-corrected chi connectivity index (χ1v) is 7.96. The van der Waals surface area contributed by atoms with Crippen LogP contribution in [0.15, 0.2) is 36.5 Å². The van der Waals surface area contributed by atoms with E-state index in [0.717, 1.165) is 17.3 Å². The summed E-state index contributed by atoms with van der Waals surface area (Å²) in [5, 5.41) is 3.86. The number of hydrogen-bond acceptors (Lipinski definition) is 4. The average molecular weight is 328 g/mol. The van der Waals surface area contributed by atoms with E-state index >= 15 is 0 Å². The molecule has 3 amide bonds. The predicted octanol–water partition coefficient (Wildman–Crippen LogP) is 1.10. The Morgan fingerprint density at radius 3 is 2.79 bits per heavy atom. The van der Waals surface area contributed by atoms with Crippen molar-refractivity contribution in [1.29, 1.82) is 0 Å². The summed E-state index contributed by atoms with van der Waals surface area (Å²) in [7, 11) is 0. The lowest BCUT2D eigenvalue weighted by Crippen LogP contribution is -2.51. The standard InChI is InChI=1S/C17H20N4O3/c22-13-20-8-10-21(11-9-20)17(23)19-7-12-24-15-5-1-3-14-4-2-6-18-16(14)15/h1-6,13H,7-12H2,(H,19,23).